The number of benzene rings is 1. The SMILES string of the molecule is C=C[C@@H]1CC1(NC(=O)[C@@H]1C[C@@H](Oc2cc(-c3ccccn3)nc3c(C)c(OC)ccc23)CN1C(=O)[C@@H](CC(=O)N1CCCC(F)(F)C1)C(C)(C)C)C(=O)NS(=O)(=O)C1CC1. The quantitative estimate of drug-likeness (QED) is 0.224. The van der Waals surface area contributed by atoms with E-state index in [2.05, 4.69) is 21.6 Å². The number of piperidine rings is 1. The third kappa shape index (κ3) is 8.68. The van der Waals surface area contributed by atoms with Crippen LogP contribution < -0.4 is 19.5 Å². The summed E-state index contributed by atoms with van der Waals surface area (Å²) in [7, 11) is -2.40. The first kappa shape index (κ1) is 42.9. The zero-order valence-corrected chi connectivity index (χ0v) is 35.3. The summed E-state index contributed by atoms with van der Waals surface area (Å²) < 4.78 is 68.9. The van der Waals surface area contributed by atoms with Crippen LogP contribution in [0.1, 0.15) is 71.3 Å². The smallest absolute Gasteiger partial charge is 0.265 e. The predicted molar refractivity (Wildman–Crippen MR) is 218 cm³/mol. The van der Waals surface area contributed by atoms with Crippen molar-refractivity contribution in [3.05, 3.63) is 60.8 Å². The summed E-state index contributed by atoms with van der Waals surface area (Å²) in [5.41, 5.74) is -0.0741. The second-order valence-electron chi connectivity index (χ2n) is 17.6. The van der Waals surface area contributed by atoms with Crippen LogP contribution in [0, 0.1) is 24.2 Å². The minimum Gasteiger partial charge on any atom is -0.496 e. The topological polar surface area (TPSA) is 177 Å². The van der Waals surface area contributed by atoms with Crippen molar-refractivity contribution in [1.29, 1.82) is 0 Å². The highest BCUT2D eigenvalue weighted by atomic mass is 32.2. The molecule has 2 aromatic heterocycles. The molecule has 3 aromatic rings. The molecule has 0 bridgehead atoms. The van der Waals surface area contributed by atoms with Gasteiger partial charge < -0.3 is 24.6 Å². The van der Waals surface area contributed by atoms with Gasteiger partial charge in [0.2, 0.25) is 27.7 Å². The number of hydrogen-bond donors (Lipinski definition) is 2. The van der Waals surface area contributed by atoms with E-state index in [-0.39, 0.29) is 45.2 Å². The summed E-state index contributed by atoms with van der Waals surface area (Å²) in [5.74, 6) is -6.42. The highest BCUT2D eigenvalue weighted by Gasteiger charge is 2.62. The van der Waals surface area contributed by atoms with Crippen LogP contribution in [0.4, 0.5) is 8.78 Å². The van der Waals surface area contributed by atoms with Crippen LogP contribution in [0.2, 0.25) is 0 Å². The number of ether oxygens (including phenoxy) is 2. The van der Waals surface area contributed by atoms with Gasteiger partial charge >= 0.3 is 0 Å². The third-order valence-corrected chi connectivity index (χ3v) is 14.0. The van der Waals surface area contributed by atoms with Crippen LogP contribution in [-0.4, -0.2) is 107 Å². The molecule has 7 rings (SSSR count). The first-order valence-corrected chi connectivity index (χ1v) is 21.8. The van der Waals surface area contributed by atoms with Gasteiger partial charge in [-0.2, -0.15) is 0 Å². The van der Waals surface area contributed by atoms with Gasteiger partial charge in [0, 0.05) is 54.9 Å². The van der Waals surface area contributed by atoms with E-state index in [0.29, 0.717) is 46.6 Å². The molecule has 1 unspecified atom stereocenters. The summed E-state index contributed by atoms with van der Waals surface area (Å²) in [4.78, 5) is 68.5. The van der Waals surface area contributed by atoms with Crippen molar-refractivity contribution in [2.75, 3.05) is 26.7 Å². The number of alkyl halides is 2. The molecule has 4 heterocycles. The Balaban J connectivity index is 1.23. The number of aryl methyl sites for hydroxylation is 1. The Hall–Kier alpha value is -5.19. The van der Waals surface area contributed by atoms with E-state index in [1.807, 2.05) is 13.0 Å². The molecule has 60 heavy (non-hydrogen) atoms. The summed E-state index contributed by atoms with van der Waals surface area (Å²) >= 11 is 0. The van der Waals surface area contributed by atoms with Gasteiger partial charge in [0.25, 0.3) is 11.8 Å². The largest absolute Gasteiger partial charge is 0.496 e. The zero-order valence-electron chi connectivity index (χ0n) is 34.5. The summed E-state index contributed by atoms with van der Waals surface area (Å²) in [6.45, 7) is 10.2. The Morgan fingerprint density at radius 2 is 1.85 bits per heavy atom. The Labute approximate surface area is 348 Å². The number of fused-ring (bicyclic) bond motifs is 1. The van der Waals surface area contributed by atoms with E-state index in [9.17, 15) is 36.4 Å². The minimum atomic E-state index is -3.96. The molecule has 4 amide bonds. The molecule has 2 N–H and O–H groups in total. The van der Waals surface area contributed by atoms with Crippen LogP contribution in [0.15, 0.2) is 55.3 Å². The van der Waals surface area contributed by atoms with Gasteiger partial charge in [-0.05, 0) is 62.3 Å². The van der Waals surface area contributed by atoms with Crippen LogP contribution in [0.25, 0.3) is 22.3 Å². The fraction of sp³-hybridized carbons (Fsp3) is 0.535. The van der Waals surface area contributed by atoms with E-state index in [1.165, 1.54) is 11.0 Å². The average molecular weight is 851 g/mol. The Bertz CT molecular complexity index is 2320. The monoisotopic (exact) mass is 850 g/mol. The molecule has 4 fully saturated rings. The van der Waals surface area contributed by atoms with Crippen LogP contribution >= 0.6 is 0 Å². The second kappa shape index (κ2) is 16.0. The van der Waals surface area contributed by atoms with Gasteiger partial charge in [0.05, 0.1) is 48.3 Å². The number of carbonyl (C=O) groups is 4. The number of sulfonamides is 1. The lowest BCUT2D eigenvalue weighted by molar-refractivity contribution is -0.151. The molecule has 5 atom stereocenters. The number of aromatic nitrogens is 2. The highest BCUT2D eigenvalue weighted by Crippen LogP contribution is 2.46. The summed E-state index contributed by atoms with van der Waals surface area (Å²) in [6, 6.07) is 9.51. The predicted octanol–water partition coefficient (Wildman–Crippen LogP) is 4.94. The maximum absolute atomic E-state index is 14.9. The molecule has 322 valence electrons. The summed E-state index contributed by atoms with van der Waals surface area (Å²) in [5, 5.41) is 2.74. The van der Waals surface area contributed by atoms with E-state index >= 15 is 0 Å². The average Bonchev–Trinajstić information content (AvgIpc) is 4.13. The number of nitrogens with one attached hydrogen (secondary N) is 2. The van der Waals surface area contributed by atoms with Gasteiger partial charge in [0.1, 0.15) is 29.2 Å². The maximum atomic E-state index is 14.9. The molecule has 2 saturated carbocycles. The van der Waals surface area contributed by atoms with Crippen molar-refractivity contribution in [3.63, 3.8) is 0 Å². The van der Waals surface area contributed by atoms with E-state index in [4.69, 9.17) is 14.5 Å². The number of rotatable bonds is 13. The lowest BCUT2D eigenvalue weighted by atomic mass is 9.77. The van der Waals surface area contributed by atoms with Gasteiger partial charge in [-0.1, -0.05) is 32.9 Å². The number of methoxy groups -OCH3 is 1. The number of pyridine rings is 2. The fourth-order valence-electron chi connectivity index (χ4n) is 8.36. The van der Waals surface area contributed by atoms with Crippen molar-refractivity contribution in [3.8, 4) is 22.9 Å². The molecule has 0 radical (unpaired) electrons. The number of nitrogens with zero attached hydrogens (tertiary/aromatic N) is 4. The Morgan fingerprint density at radius 1 is 1.10 bits per heavy atom. The van der Waals surface area contributed by atoms with Crippen molar-refractivity contribution < 1.29 is 45.9 Å². The molecule has 14 nitrogen and oxygen atoms in total. The molecule has 2 saturated heterocycles. The molecule has 2 aliphatic carbocycles. The van der Waals surface area contributed by atoms with Gasteiger partial charge in [-0.25, -0.2) is 22.2 Å². The third-order valence-electron chi connectivity index (χ3n) is 12.2. The Kier molecular flexibility index (Phi) is 11.5. The maximum Gasteiger partial charge on any atom is 0.265 e. The zero-order chi connectivity index (χ0) is 43.4. The van der Waals surface area contributed by atoms with Crippen LogP contribution in [-0.2, 0) is 29.2 Å². The van der Waals surface area contributed by atoms with E-state index < -0.39 is 86.3 Å². The van der Waals surface area contributed by atoms with Gasteiger partial charge in [-0.3, -0.25) is 28.9 Å². The first-order valence-electron chi connectivity index (χ1n) is 20.3. The lowest BCUT2D eigenvalue weighted by Gasteiger charge is -2.37. The van der Waals surface area contributed by atoms with Crippen molar-refractivity contribution in [1.82, 2.24) is 29.8 Å². The van der Waals surface area contributed by atoms with Crippen LogP contribution in [0.3, 0.4) is 0 Å². The number of likely N-dealkylation sites (tertiary alicyclic amines) is 2. The van der Waals surface area contributed by atoms with Crippen LogP contribution in [0.5, 0.6) is 11.5 Å². The molecule has 0 spiro atoms. The lowest BCUT2D eigenvalue weighted by Crippen LogP contribution is -2.57. The molecule has 2 aliphatic heterocycles. The van der Waals surface area contributed by atoms with E-state index in [0.717, 1.165) is 10.5 Å². The van der Waals surface area contributed by atoms with Gasteiger partial charge in [-0.15, -0.1) is 6.58 Å². The molecule has 17 heteroatoms. The molecule has 4 aliphatic rings. The first-order chi connectivity index (χ1) is 28.3. The van der Waals surface area contributed by atoms with Crippen molar-refractivity contribution in [2.24, 2.45) is 17.3 Å². The Morgan fingerprint density at radius 3 is 2.47 bits per heavy atom. The molecular weight excluding hydrogens is 799 g/mol. The molecular formula is C43H52F2N6O8S. The van der Waals surface area contributed by atoms with E-state index in [1.54, 1.807) is 64.4 Å². The van der Waals surface area contributed by atoms with Gasteiger partial charge in [0.15, 0.2) is 0 Å². The number of amides is 4. The number of carbonyl (C=O) groups excluding carboxylic acids is 4. The minimum absolute atomic E-state index is 0.0462. The highest BCUT2D eigenvalue weighted by molar-refractivity contribution is 7.91. The standard InChI is InChI=1S/C43H52F2N6O8S/c1-7-26-22-43(26,40(55)49-60(56,57)28-12-13-28)48-38(53)33-19-27(23-51(33)39(54)30(41(3,4)5)20-36(52)50-18-10-16-42(44,45)24-50)59-35-21-32(31-11-8-9-17-46-31)47-37-25(2)34(58-6)15-14-29(35)37/h7-9,11,14-15,17,21,26-28,30,33H,1,10,12-13,16,18-20,22-24H2,2-6H3,(H,48,53)(H,49,55)/t26-,27-,30-,33+,43?/m1/s1. The van der Waals surface area contributed by atoms with Crippen molar-refractivity contribution in [2.45, 2.75) is 101 Å². The number of halogens is 2. The second-order valence-corrected chi connectivity index (χ2v) is 19.5. The normalized spacial score (nSPS) is 24.4. The van der Waals surface area contributed by atoms with Crippen molar-refractivity contribution >= 4 is 44.6 Å². The fourth-order valence-corrected chi connectivity index (χ4v) is 9.73. The summed E-state index contributed by atoms with van der Waals surface area (Å²) in [6.07, 6.45) is 2.64. The molecule has 1 aromatic carbocycles. The number of hydrogen-bond acceptors (Lipinski definition) is 10.